The van der Waals surface area contributed by atoms with Crippen molar-refractivity contribution in [1.82, 2.24) is 5.32 Å². The summed E-state index contributed by atoms with van der Waals surface area (Å²) in [7, 11) is 0. The highest BCUT2D eigenvalue weighted by Gasteiger charge is 2.44. The fraction of sp³-hybridized carbons (Fsp3) is 0.750. The summed E-state index contributed by atoms with van der Waals surface area (Å²) >= 11 is 0. The van der Waals surface area contributed by atoms with E-state index < -0.39 is 35.8 Å². The Balaban J connectivity index is 2.76. The van der Waals surface area contributed by atoms with E-state index >= 15 is 0 Å². The highest BCUT2D eigenvalue weighted by atomic mass is 16.7. The predicted octanol–water partition coefficient (Wildman–Crippen LogP) is 1.12. The topological polar surface area (TPSA) is 102 Å². The molecule has 0 bridgehead atoms. The first-order chi connectivity index (χ1) is 8.62. The third-order valence-electron chi connectivity index (χ3n) is 2.87. The summed E-state index contributed by atoms with van der Waals surface area (Å²) in [4.78, 5) is 34.2. The van der Waals surface area contributed by atoms with Crippen molar-refractivity contribution in [3.8, 4) is 0 Å². The lowest BCUT2D eigenvalue weighted by molar-refractivity contribution is -0.240. The van der Waals surface area contributed by atoms with E-state index in [-0.39, 0.29) is 12.3 Å². The van der Waals surface area contributed by atoms with Crippen molar-refractivity contribution < 1.29 is 29.0 Å². The second kappa shape index (κ2) is 5.46. The number of carbonyl (C=O) groups excluding carboxylic acids is 2. The molecule has 0 aliphatic carbocycles. The Hall–Kier alpha value is -1.79. The molecule has 1 aliphatic heterocycles. The highest BCUT2D eigenvalue weighted by molar-refractivity contribution is 5.96. The van der Waals surface area contributed by atoms with Crippen LogP contribution >= 0.6 is 0 Å². The molecule has 0 unspecified atom stereocenters. The molecule has 0 radical (unpaired) electrons. The third kappa shape index (κ3) is 4.11. The number of carboxylic acid groups (broad SMARTS) is 1. The Kier molecular flexibility index (Phi) is 4.39. The van der Waals surface area contributed by atoms with E-state index in [1.54, 1.807) is 13.8 Å². The van der Waals surface area contributed by atoms with Crippen LogP contribution in [0.3, 0.4) is 0 Å². The van der Waals surface area contributed by atoms with Gasteiger partial charge in [-0.05, 0) is 12.3 Å². The minimum absolute atomic E-state index is 0.0255. The number of hydrogen-bond acceptors (Lipinski definition) is 5. The van der Waals surface area contributed by atoms with Crippen molar-refractivity contribution in [2.45, 2.75) is 45.9 Å². The van der Waals surface area contributed by atoms with Crippen molar-refractivity contribution in [2.24, 2.45) is 11.8 Å². The zero-order valence-corrected chi connectivity index (χ0v) is 11.4. The molecule has 0 aromatic carbocycles. The second-order valence-corrected chi connectivity index (χ2v) is 5.33. The zero-order chi connectivity index (χ0) is 14.8. The number of carbonyl (C=O) groups is 3. The molecule has 1 atom stereocenters. The Labute approximate surface area is 111 Å². The van der Waals surface area contributed by atoms with E-state index in [2.05, 4.69) is 5.32 Å². The molecule has 1 saturated heterocycles. The van der Waals surface area contributed by atoms with Gasteiger partial charge in [0.1, 0.15) is 0 Å². The molecule has 0 saturated carbocycles. The van der Waals surface area contributed by atoms with Gasteiger partial charge < -0.3 is 19.9 Å². The van der Waals surface area contributed by atoms with Gasteiger partial charge >= 0.3 is 18.0 Å². The van der Waals surface area contributed by atoms with Crippen LogP contribution in [0.4, 0.5) is 4.79 Å². The average Bonchev–Trinajstić information content (AvgIpc) is 2.19. The van der Waals surface area contributed by atoms with Crippen molar-refractivity contribution in [1.29, 1.82) is 0 Å². The lowest BCUT2D eigenvalue weighted by Crippen LogP contribution is -2.49. The monoisotopic (exact) mass is 273 g/mol. The number of esters is 2. The largest absolute Gasteiger partial charge is 0.465 e. The normalized spacial score (nSPS) is 20.7. The minimum Gasteiger partial charge on any atom is -0.465 e. The Morgan fingerprint density at radius 2 is 1.79 bits per heavy atom. The van der Waals surface area contributed by atoms with Crippen LogP contribution < -0.4 is 5.32 Å². The average molecular weight is 273 g/mol. The van der Waals surface area contributed by atoms with Crippen LogP contribution in [0.5, 0.6) is 0 Å². The van der Waals surface area contributed by atoms with Crippen molar-refractivity contribution in [3.63, 3.8) is 0 Å². The molecule has 1 rings (SSSR count). The lowest BCUT2D eigenvalue weighted by Gasteiger charge is -2.34. The van der Waals surface area contributed by atoms with E-state index in [0.717, 1.165) is 0 Å². The number of hydrogen-bond donors (Lipinski definition) is 2. The molecule has 7 nitrogen and oxygen atoms in total. The van der Waals surface area contributed by atoms with Crippen LogP contribution in [0.2, 0.25) is 0 Å². The molecule has 7 heteroatoms. The summed E-state index contributed by atoms with van der Waals surface area (Å²) in [6, 6.07) is -0.524. The molecule has 19 heavy (non-hydrogen) atoms. The van der Waals surface area contributed by atoms with E-state index in [0.29, 0.717) is 0 Å². The van der Waals surface area contributed by atoms with E-state index in [1.807, 2.05) is 0 Å². The Morgan fingerprint density at radius 1 is 1.32 bits per heavy atom. The molecule has 1 fully saturated rings. The molecule has 0 spiro atoms. The van der Waals surface area contributed by atoms with Crippen LogP contribution in [0, 0.1) is 11.8 Å². The smallest absolute Gasteiger partial charge is 0.404 e. The molecule has 2 N–H and O–H groups in total. The maximum absolute atomic E-state index is 11.8. The van der Waals surface area contributed by atoms with Gasteiger partial charge in [-0.25, -0.2) is 4.79 Å². The summed E-state index contributed by atoms with van der Waals surface area (Å²) in [6.45, 7) is 6.52. The SMILES string of the molecule is CC(C)[C@@H](CC1C(=O)OC(C)(C)OC1=O)NC(=O)O. The highest BCUT2D eigenvalue weighted by Crippen LogP contribution is 2.27. The summed E-state index contributed by atoms with van der Waals surface area (Å²) < 4.78 is 9.97. The first-order valence-corrected chi connectivity index (χ1v) is 6.07. The molecular weight excluding hydrogens is 254 g/mol. The lowest BCUT2D eigenvalue weighted by atomic mass is 9.92. The second-order valence-electron chi connectivity index (χ2n) is 5.33. The van der Waals surface area contributed by atoms with Crippen molar-refractivity contribution in [2.75, 3.05) is 0 Å². The number of ether oxygens (including phenoxy) is 2. The number of nitrogens with one attached hydrogen (secondary N) is 1. The molecule has 108 valence electrons. The maximum Gasteiger partial charge on any atom is 0.404 e. The van der Waals surface area contributed by atoms with Gasteiger partial charge in [0.05, 0.1) is 0 Å². The maximum atomic E-state index is 11.8. The first-order valence-electron chi connectivity index (χ1n) is 6.07. The minimum atomic E-state index is -1.27. The van der Waals surface area contributed by atoms with Gasteiger partial charge in [-0.3, -0.25) is 9.59 Å². The summed E-state index contributed by atoms with van der Waals surface area (Å²) in [5.74, 6) is -3.78. The zero-order valence-electron chi connectivity index (χ0n) is 11.4. The van der Waals surface area contributed by atoms with Gasteiger partial charge in [0.2, 0.25) is 0 Å². The standard InChI is InChI=1S/C12H19NO6/c1-6(2)8(13-11(16)17)5-7-9(14)18-12(3,4)19-10(7)15/h6-8,13H,5H2,1-4H3,(H,16,17)/t8-/m1/s1. The van der Waals surface area contributed by atoms with Crippen LogP contribution in [0.1, 0.15) is 34.1 Å². The Bertz CT molecular complexity index is 370. The van der Waals surface area contributed by atoms with Crippen LogP contribution in [0.25, 0.3) is 0 Å². The number of amides is 1. The van der Waals surface area contributed by atoms with Gasteiger partial charge in [0, 0.05) is 19.9 Å². The fourth-order valence-electron chi connectivity index (χ4n) is 1.85. The van der Waals surface area contributed by atoms with Crippen LogP contribution in [0.15, 0.2) is 0 Å². The summed E-state index contributed by atoms with van der Waals surface area (Å²) in [6.07, 6.45) is -1.17. The van der Waals surface area contributed by atoms with Crippen LogP contribution in [-0.4, -0.2) is 35.0 Å². The van der Waals surface area contributed by atoms with E-state index in [1.165, 1.54) is 13.8 Å². The Morgan fingerprint density at radius 3 is 2.16 bits per heavy atom. The molecule has 0 aromatic rings. The third-order valence-corrected chi connectivity index (χ3v) is 2.87. The molecule has 1 aliphatic rings. The van der Waals surface area contributed by atoms with Crippen molar-refractivity contribution >= 4 is 18.0 Å². The van der Waals surface area contributed by atoms with Crippen molar-refractivity contribution in [3.05, 3.63) is 0 Å². The van der Waals surface area contributed by atoms with E-state index in [9.17, 15) is 14.4 Å². The number of cyclic esters (lactones) is 2. The first kappa shape index (κ1) is 15.3. The van der Waals surface area contributed by atoms with E-state index in [4.69, 9.17) is 14.6 Å². The van der Waals surface area contributed by atoms with Gasteiger partial charge in [-0.2, -0.15) is 0 Å². The predicted molar refractivity (Wildman–Crippen MR) is 64.2 cm³/mol. The fourth-order valence-corrected chi connectivity index (χ4v) is 1.85. The molecule has 1 amide bonds. The summed E-state index contributed by atoms with van der Waals surface area (Å²) in [5.41, 5.74) is 0. The van der Waals surface area contributed by atoms with Crippen LogP contribution in [-0.2, 0) is 19.1 Å². The molecule has 1 heterocycles. The van der Waals surface area contributed by atoms with Gasteiger partial charge in [0.25, 0.3) is 5.79 Å². The quantitative estimate of drug-likeness (QED) is 0.588. The summed E-state index contributed by atoms with van der Waals surface area (Å²) in [5, 5.41) is 11.0. The molecule has 0 aromatic heterocycles. The number of rotatable bonds is 4. The van der Waals surface area contributed by atoms with Gasteiger partial charge in [0.15, 0.2) is 5.92 Å². The van der Waals surface area contributed by atoms with Gasteiger partial charge in [-0.1, -0.05) is 13.8 Å². The van der Waals surface area contributed by atoms with Gasteiger partial charge in [-0.15, -0.1) is 0 Å². The molecular formula is C12H19NO6.